The number of carbonyl (C=O) groups is 1. The van der Waals surface area contributed by atoms with Gasteiger partial charge in [0.25, 0.3) is 0 Å². The maximum absolute atomic E-state index is 13.2. The van der Waals surface area contributed by atoms with Gasteiger partial charge in [0.1, 0.15) is 48.8 Å². The smallest absolute Gasteiger partial charge is 0.220 e. The maximum atomic E-state index is 13.2. The molecular weight excluding hydrogens is 931 g/mol. The number of unbranched alkanes of at least 4 members (excludes halogenated alkanes) is 31. The lowest BCUT2D eigenvalue weighted by Crippen LogP contribution is -2.65. The van der Waals surface area contributed by atoms with E-state index in [1.165, 1.54) is 167 Å². The van der Waals surface area contributed by atoms with Crippen LogP contribution in [0.15, 0.2) is 24.3 Å². The average molecular weight is 1040 g/mol. The summed E-state index contributed by atoms with van der Waals surface area (Å²) in [5, 5.41) is 87.0. The van der Waals surface area contributed by atoms with Gasteiger partial charge in [0.05, 0.1) is 32.0 Å². The average Bonchev–Trinajstić information content (AvgIpc) is 3.39. The molecule has 0 aromatic rings. The summed E-state index contributed by atoms with van der Waals surface area (Å²) in [5.41, 5.74) is 0. The van der Waals surface area contributed by atoms with Gasteiger partial charge in [-0.3, -0.25) is 4.79 Å². The summed E-state index contributed by atoms with van der Waals surface area (Å²) in [6, 6.07) is -0.824. The van der Waals surface area contributed by atoms with Crippen molar-refractivity contribution in [2.75, 3.05) is 19.8 Å². The number of allylic oxidation sites excluding steroid dienone is 4. The molecule has 9 N–H and O–H groups in total. The van der Waals surface area contributed by atoms with E-state index in [-0.39, 0.29) is 12.5 Å². The Balaban J connectivity index is 1.64. The van der Waals surface area contributed by atoms with Crippen LogP contribution in [0.3, 0.4) is 0 Å². The Labute approximate surface area is 443 Å². The molecule has 14 nitrogen and oxygen atoms in total. The Hall–Kier alpha value is -1.53. The van der Waals surface area contributed by atoms with E-state index in [1.54, 1.807) is 0 Å². The van der Waals surface area contributed by atoms with Gasteiger partial charge in [-0.1, -0.05) is 224 Å². The Kier molecular flexibility index (Phi) is 42.1. The first kappa shape index (κ1) is 67.6. The second-order valence-corrected chi connectivity index (χ2v) is 21.5. The molecule has 12 unspecified atom stereocenters. The molecular formula is C59H111NO13. The number of nitrogens with one attached hydrogen (secondary N) is 1. The van der Waals surface area contributed by atoms with Crippen LogP contribution in [0.4, 0.5) is 0 Å². The lowest BCUT2D eigenvalue weighted by Gasteiger charge is -2.46. The third-order valence-corrected chi connectivity index (χ3v) is 14.9. The van der Waals surface area contributed by atoms with Crippen molar-refractivity contribution in [3.05, 3.63) is 24.3 Å². The van der Waals surface area contributed by atoms with Gasteiger partial charge in [0.2, 0.25) is 5.91 Å². The molecule has 2 aliphatic rings. The fourth-order valence-electron chi connectivity index (χ4n) is 10.0. The Bertz CT molecular complexity index is 1320. The van der Waals surface area contributed by atoms with Crippen molar-refractivity contribution < 1.29 is 64.6 Å². The van der Waals surface area contributed by atoms with E-state index in [9.17, 15) is 45.6 Å². The van der Waals surface area contributed by atoms with Gasteiger partial charge in [-0.15, -0.1) is 0 Å². The zero-order valence-corrected chi connectivity index (χ0v) is 46.1. The van der Waals surface area contributed by atoms with Gasteiger partial charge >= 0.3 is 0 Å². The Morgan fingerprint density at radius 2 is 0.904 bits per heavy atom. The molecule has 14 heteroatoms. The van der Waals surface area contributed by atoms with Crippen LogP contribution in [-0.4, -0.2) is 140 Å². The van der Waals surface area contributed by atoms with E-state index in [2.05, 4.69) is 43.5 Å². The summed E-state index contributed by atoms with van der Waals surface area (Å²) in [6.45, 7) is 2.84. The third kappa shape index (κ3) is 31.5. The number of amides is 1. The summed E-state index contributed by atoms with van der Waals surface area (Å²) in [7, 11) is 0. The molecule has 0 radical (unpaired) electrons. The first-order chi connectivity index (χ1) is 35.6. The van der Waals surface area contributed by atoms with Crippen molar-refractivity contribution in [1.82, 2.24) is 5.32 Å². The molecule has 0 aromatic heterocycles. The number of hydrogen-bond donors (Lipinski definition) is 9. The molecule has 2 saturated heterocycles. The molecule has 2 heterocycles. The summed E-state index contributed by atoms with van der Waals surface area (Å²) < 4.78 is 22.8. The SMILES string of the molecule is CCCCCCC/C=C\C/C=C\CCCCCCCCCCCCCCCCCCCC(=O)NC(COC1OC(CO)C(OC2OC(CO)C(O)C(O)C2O)C(O)C1O)C(O)CCCCCCCCCCCC. The second-order valence-electron chi connectivity index (χ2n) is 21.5. The molecule has 1 amide bonds. The van der Waals surface area contributed by atoms with Crippen molar-refractivity contribution in [3.8, 4) is 0 Å². The van der Waals surface area contributed by atoms with Crippen LogP contribution in [0.2, 0.25) is 0 Å². The fraction of sp³-hybridized carbons (Fsp3) is 0.915. The topological polar surface area (TPSA) is 228 Å². The highest BCUT2D eigenvalue weighted by Gasteiger charge is 2.51. The Morgan fingerprint density at radius 1 is 0.493 bits per heavy atom. The largest absolute Gasteiger partial charge is 0.394 e. The zero-order valence-electron chi connectivity index (χ0n) is 46.1. The van der Waals surface area contributed by atoms with Crippen LogP contribution in [0.25, 0.3) is 0 Å². The molecule has 0 aliphatic carbocycles. The van der Waals surface area contributed by atoms with E-state index in [0.29, 0.717) is 12.8 Å². The molecule has 12 atom stereocenters. The predicted octanol–water partition coefficient (Wildman–Crippen LogP) is 10.1. The van der Waals surface area contributed by atoms with Crippen molar-refractivity contribution in [1.29, 1.82) is 0 Å². The molecule has 430 valence electrons. The minimum atomic E-state index is -1.78. The van der Waals surface area contributed by atoms with Gasteiger partial charge in [-0.2, -0.15) is 0 Å². The minimum Gasteiger partial charge on any atom is -0.394 e. The summed E-state index contributed by atoms with van der Waals surface area (Å²) >= 11 is 0. The molecule has 73 heavy (non-hydrogen) atoms. The highest BCUT2D eigenvalue weighted by Crippen LogP contribution is 2.30. The lowest BCUT2D eigenvalue weighted by molar-refractivity contribution is -0.359. The highest BCUT2D eigenvalue weighted by atomic mass is 16.7. The van der Waals surface area contributed by atoms with Crippen molar-refractivity contribution in [2.45, 2.75) is 325 Å². The molecule has 0 bridgehead atoms. The zero-order chi connectivity index (χ0) is 53.2. The van der Waals surface area contributed by atoms with Crippen LogP contribution in [0.5, 0.6) is 0 Å². The molecule has 2 rings (SSSR count). The third-order valence-electron chi connectivity index (χ3n) is 14.9. The quantitative estimate of drug-likeness (QED) is 0.0204. The number of aliphatic hydroxyl groups is 8. The highest BCUT2D eigenvalue weighted by molar-refractivity contribution is 5.76. The first-order valence-electron chi connectivity index (χ1n) is 30.1. The fourth-order valence-corrected chi connectivity index (χ4v) is 10.0. The molecule has 2 fully saturated rings. The van der Waals surface area contributed by atoms with Gasteiger partial charge in [-0.05, 0) is 44.9 Å². The van der Waals surface area contributed by atoms with Gasteiger partial charge in [0, 0.05) is 6.42 Å². The van der Waals surface area contributed by atoms with E-state index >= 15 is 0 Å². The second kappa shape index (κ2) is 45.5. The lowest BCUT2D eigenvalue weighted by atomic mass is 9.97. The predicted molar refractivity (Wildman–Crippen MR) is 291 cm³/mol. The minimum absolute atomic E-state index is 0.206. The maximum Gasteiger partial charge on any atom is 0.220 e. The molecule has 2 aliphatic heterocycles. The monoisotopic (exact) mass is 1040 g/mol. The van der Waals surface area contributed by atoms with E-state index < -0.39 is 86.8 Å². The number of hydrogen-bond acceptors (Lipinski definition) is 13. The molecule has 0 aromatic carbocycles. The summed E-state index contributed by atoms with van der Waals surface area (Å²) in [5.74, 6) is -0.206. The Morgan fingerprint density at radius 3 is 1.37 bits per heavy atom. The van der Waals surface area contributed by atoms with Crippen molar-refractivity contribution >= 4 is 5.91 Å². The molecule has 0 saturated carbocycles. The van der Waals surface area contributed by atoms with Gasteiger partial charge < -0.3 is 65.1 Å². The summed E-state index contributed by atoms with van der Waals surface area (Å²) in [4.78, 5) is 13.2. The number of aliphatic hydroxyl groups excluding tert-OH is 8. The van der Waals surface area contributed by atoms with Crippen LogP contribution < -0.4 is 5.32 Å². The standard InChI is InChI=1S/C59H111NO13/c1-3-5-7-9-11-13-15-16-17-18-19-20-21-22-23-24-25-26-27-28-29-30-31-32-33-35-37-39-41-43-51(64)60-47(48(63)42-40-38-36-34-14-12-10-8-6-4-2)46-70-58-56(69)54(67)57(50(45-62)72-58)73-59-55(68)53(66)52(65)49(44-61)71-59/h15-16,18-19,47-50,52-59,61-63,65-69H,3-14,17,20-46H2,1-2H3,(H,60,64)/b16-15-,19-18-. The number of ether oxygens (including phenoxy) is 4. The van der Waals surface area contributed by atoms with E-state index in [4.69, 9.17) is 18.9 Å². The van der Waals surface area contributed by atoms with Crippen LogP contribution in [0, 0.1) is 0 Å². The summed E-state index contributed by atoms with van der Waals surface area (Å²) in [6.07, 6.45) is 36.3. The van der Waals surface area contributed by atoms with Gasteiger partial charge in [0.15, 0.2) is 12.6 Å². The van der Waals surface area contributed by atoms with Crippen molar-refractivity contribution in [3.63, 3.8) is 0 Å². The first-order valence-corrected chi connectivity index (χ1v) is 30.1. The number of rotatable bonds is 48. The van der Waals surface area contributed by atoms with Crippen LogP contribution in [-0.2, 0) is 23.7 Å². The van der Waals surface area contributed by atoms with E-state index in [0.717, 1.165) is 57.8 Å². The van der Waals surface area contributed by atoms with Crippen molar-refractivity contribution in [2.24, 2.45) is 0 Å². The van der Waals surface area contributed by atoms with Crippen LogP contribution >= 0.6 is 0 Å². The normalized spacial score (nSPS) is 25.5. The van der Waals surface area contributed by atoms with Crippen LogP contribution in [0.1, 0.15) is 251 Å². The molecule has 0 spiro atoms. The van der Waals surface area contributed by atoms with Gasteiger partial charge in [-0.25, -0.2) is 0 Å². The van der Waals surface area contributed by atoms with E-state index in [1.807, 2.05) is 0 Å². The number of carbonyl (C=O) groups excluding carboxylic acids is 1.